The Hall–Kier alpha value is -1.06. The third-order valence-corrected chi connectivity index (χ3v) is 5.28. The lowest BCUT2D eigenvalue weighted by Crippen LogP contribution is -2.32. The van der Waals surface area contributed by atoms with Crippen molar-refractivity contribution in [2.24, 2.45) is 29.6 Å². The molecule has 0 spiro atoms. The fourth-order valence-corrected chi connectivity index (χ4v) is 4.38. The Kier molecular flexibility index (Phi) is 2.83. The van der Waals surface area contributed by atoms with E-state index in [2.05, 4.69) is 4.74 Å². The van der Waals surface area contributed by atoms with Crippen LogP contribution in [0.5, 0.6) is 0 Å². The molecule has 100 valence electrons. The molecule has 0 aromatic heterocycles. The van der Waals surface area contributed by atoms with E-state index in [4.69, 9.17) is 0 Å². The van der Waals surface area contributed by atoms with Crippen LogP contribution in [0, 0.1) is 29.6 Å². The normalized spacial score (nSPS) is 39.3. The molecule has 0 saturated heterocycles. The van der Waals surface area contributed by atoms with Crippen molar-refractivity contribution in [2.75, 3.05) is 20.7 Å². The van der Waals surface area contributed by atoms with Crippen LogP contribution in [0.4, 0.5) is 0 Å². The molecule has 4 unspecified atom stereocenters. The Bertz CT molecular complexity index is 365. The smallest absolute Gasteiger partial charge is 0.307 e. The van der Waals surface area contributed by atoms with E-state index in [-0.39, 0.29) is 17.8 Å². The molecule has 2 bridgehead atoms. The molecule has 3 rings (SSSR count). The van der Waals surface area contributed by atoms with Gasteiger partial charge in [-0.25, -0.2) is 0 Å². The second kappa shape index (κ2) is 4.25. The van der Waals surface area contributed by atoms with E-state index in [0.29, 0.717) is 24.8 Å². The number of hydrogen-bond donors (Lipinski definition) is 0. The predicted molar refractivity (Wildman–Crippen MR) is 65.6 cm³/mol. The molecular formula is C14H21NO3. The zero-order chi connectivity index (χ0) is 12.9. The van der Waals surface area contributed by atoms with E-state index in [9.17, 15) is 9.59 Å². The number of hydrogen-bond acceptors (Lipinski definition) is 3. The summed E-state index contributed by atoms with van der Waals surface area (Å²) in [5.41, 5.74) is 0. The first-order chi connectivity index (χ1) is 8.63. The van der Waals surface area contributed by atoms with E-state index < -0.39 is 0 Å². The first-order valence-corrected chi connectivity index (χ1v) is 6.95. The van der Waals surface area contributed by atoms with Gasteiger partial charge in [0, 0.05) is 19.5 Å². The minimum absolute atomic E-state index is 0.245. The summed E-state index contributed by atoms with van der Waals surface area (Å²) >= 11 is 0. The van der Waals surface area contributed by atoms with Crippen LogP contribution in [-0.2, 0) is 14.3 Å². The summed E-state index contributed by atoms with van der Waals surface area (Å²) in [4.78, 5) is 25.1. The first kappa shape index (κ1) is 12.0. The zero-order valence-corrected chi connectivity index (χ0v) is 11.1. The Morgan fingerprint density at radius 3 is 2.39 bits per heavy atom. The molecule has 3 aliphatic rings. The standard InChI is InChI=1S/C14H21NO3/c1-15(6-5-10(16)18-2)14(17)13-11-8-3-4-9(7-8)12(11)13/h8-9,11-13H,3-7H2,1-2H3. The highest BCUT2D eigenvalue weighted by atomic mass is 16.5. The first-order valence-electron chi connectivity index (χ1n) is 6.95. The number of esters is 1. The van der Waals surface area contributed by atoms with Crippen LogP contribution in [-0.4, -0.2) is 37.5 Å². The SMILES string of the molecule is COC(=O)CCN(C)C(=O)C1C2C3CCC(C3)C12. The van der Waals surface area contributed by atoms with Gasteiger partial charge in [-0.1, -0.05) is 0 Å². The van der Waals surface area contributed by atoms with Crippen LogP contribution in [0.1, 0.15) is 25.7 Å². The van der Waals surface area contributed by atoms with E-state index in [0.717, 1.165) is 11.8 Å². The molecule has 4 nitrogen and oxygen atoms in total. The quantitative estimate of drug-likeness (QED) is 0.708. The van der Waals surface area contributed by atoms with Crippen molar-refractivity contribution in [3.8, 4) is 0 Å². The van der Waals surface area contributed by atoms with Crippen LogP contribution in [0.25, 0.3) is 0 Å². The Labute approximate surface area is 108 Å². The third kappa shape index (κ3) is 1.73. The molecule has 0 aromatic carbocycles. The number of carbonyl (C=O) groups is 2. The van der Waals surface area contributed by atoms with Gasteiger partial charge in [0.2, 0.25) is 5.91 Å². The van der Waals surface area contributed by atoms with Crippen molar-refractivity contribution >= 4 is 11.9 Å². The highest BCUT2D eigenvalue weighted by molar-refractivity contribution is 5.83. The third-order valence-electron chi connectivity index (χ3n) is 5.28. The van der Waals surface area contributed by atoms with E-state index in [1.807, 2.05) is 0 Å². The van der Waals surface area contributed by atoms with E-state index >= 15 is 0 Å². The summed E-state index contributed by atoms with van der Waals surface area (Å²) in [6, 6.07) is 0. The highest BCUT2D eigenvalue weighted by Crippen LogP contribution is 2.69. The number of carbonyl (C=O) groups excluding carboxylic acids is 2. The monoisotopic (exact) mass is 251 g/mol. The number of amides is 1. The van der Waals surface area contributed by atoms with E-state index in [1.165, 1.54) is 26.4 Å². The molecule has 3 fully saturated rings. The van der Waals surface area contributed by atoms with Crippen LogP contribution in [0.3, 0.4) is 0 Å². The molecule has 0 radical (unpaired) electrons. The Morgan fingerprint density at radius 2 is 1.83 bits per heavy atom. The molecule has 18 heavy (non-hydrogen) atoms. The van der Waals surface area contributed by atoms with Crippen molar-refractivity contribution in [1.29, 1.82) is 0 Å². The summed E-state index contributed by atoms with van der Waals surface area (Å²) in [7, 11) is 3.19. The van der Waals surface area contributed by atoms with Crippen LogP contribution >= 0.6 is 0 Å². The van der Waals surface area contributed by atoms with E-state index in [1.54, 1.807) is 11.9 Å². The second-order valence-electron chi connectivity index (χ2n) is 6.10. The second-order valence-corrected chi connectivity index (χ2v) is 6.10. The van der Waals surface area contributed by atoms with Gasteiger partial charge in [-0.15, -0.1) is 0 Å². The highest BCUT2D eigenvalue weighted by Gasteiger charge is 2.67. The number of nitrogens with zero attached hydrogens (tertiary/aromatic N) is 1. The Balaban J connectivity index is 1.52. The van der Waals surface area contributed by atoms with Crippen molar-refractivity contribution in [2.45, 2.75) is 25.7 Å². The lowest BCUT2D eigenvalue weighted by Gasteiger charge is -2.18. The fraction of sp³-hybridized carbons (Fsp3) is 0.857. The van der Waals surface area contributed by atoms with Gasteiger partial charge in [0.05, 0.1) is 13.5 Å². The van der Waals surface area contributed by atoms with Crippen LogP contribution in [0.15, 0.2) is 0 Å². The Morgan fingerprint density at radius 1 is 1.22 bits per heavy atom. The molecule has 0 aliphatic heterocycles. The molecule has 1 amide bonds. The lowest BCUT2D eigenvalue weighted by atomic mass is 10.0. The molecule has 3 aliphatic carbocycles. The van der Waals surface area contributed by atoms with Gasteiger partial charge in [-0.2, -0.15) is 0 Å². The minimum Gasteiger partial charge on any atom is -0.469 e. The maximum Gasteiger partial charge on any atom is 0.307 e. The summed E-state index contributed by atoms with van der Waals surface area (Å²) in [5, 5.41) is 0. The van der Waals surface area contributed by atoms with Gasteiger partial charge >= 0.3 is 5.97 Å². The zero-order valence-electron chi connectivity index (χ0n) is 11.1. The largest absolute Gasteiger partial charge is 0.469 e. The lowest BCUT2D eigenvalue weighted by molar-refractivity contribution is -0.141. The van der Waals surface area contributed by atoms with Gasteiger partial charge in [-0.05, 0) is 42.9 Å². The summed E-state index contributed by atoms with van der Waals surface area (Å²) in [5.74, 6) is 3.29. The van der Waals surface area contributed by atoms with Crippen molar-refractivity contribution < 1.29 is 14.3 Å². The topological polar surface area (TPSA) is 46.6 Å². The average molecular weight is 251 g/mol. The number of rotatable bonds is 4. The average Bonchev–Trinajstić information content (AvgIpc) is 2.82. The fourth-order valence-electron chi connectivity index (χ4n) is 4.38. The summed E-state index contributed by atoms with van der Waals surface area (Å²) in [6.45, 7) is 0.483. The van der Waals surface area contributed by atoms with Crippen molar-refractivity contribution in [3.63, 3.8) is 0 Å². The van der Waals surface area contributed by atoms with Gasteiger partial charge < -0.3 is 9.64 Å². The maximum absolute atomic E-state index is 12.3. The minimum atomic E-state index is -0.245. The van der Waals surface area contributed by atoms with Crippen LogP contribution in [0.2, 0.25) is 0 Å². The number of ether oxygens (including phenoxy) is 1. The van der Waals surface area contributed by atoms with Crippen molar-refractivity contribution in [3.05, 3.63) is 0 Å². The number of fused-ring (bicyclic) bond motifs is 5. The molecule has 3 saturated carbocycles. The number of methoxy groups -OCH3 is 1. The molecule has 0 aromatic rings. The molecule has 0 N–H and O–H groups in total. The van der Waals surface area contributed by atoms with Gasteiger partial charge in [0.1, 0.15) is 0 Å². The summed E-state index contributed by atoms with van der Waals surface area (Å²) in [6.07, 6.45) is 4.33. The van der Waals surface area contributed by atoms with Gasteiger partial charge in [0.15, 0.2) is 0 Å². The molecular weight excluding hydrogens is 230 g/mol. The predicted octanol–water partition coefficient (Wildman–Crippen LogP) is 1.30. The van der Waals surface area contributed by atoms with Crippen molar-refractivity contribution in [1.82, 2.24) is 4.90 Å². The molecule has 4 heteroatoms. The summed E-state index contributed by atoms with van der Waals surface area (Å²) < 4.78 is 4.60. The van der Waals surface area contributed by atoms with Gasteiger partial charge in [0.25, 0.3) is 0 Å². The molecule has 4 atom stereocenters. The maximum atomic E-state index is 12.3. The molecule has 0 heterocycles. The van der Waals surface area contributed by atoms with Gasteiger partial charge in [-0.3, -0.25) is 9.59 Å². The van der Waals surface area contributed by atoms with Crippen LogP contribution < -0.4 is 0 Å².